The summed E-state index contributed by atoms with van der Waals surface area (Å²) in [6.07, 6.45) is 0.148. The lowest BCUT2D eigenvalue weighted by Crippen LogP contribution is -2.39. The number of aliphatic carboxylic acids is 7. The number of primary amides is 1. The Kier molecular flexibility index (Phi) is 41.3. The van der Waals surface area contributed by atoms with Crippen molar-refractivity contribution in [2.45, 2.75) is 75.3 Å². The SMILES string of the molecule is CC(O)C(N)C(=O)O.N=C(CC(=O)O)C(=O)O.NC(=O)CC(N)C(=O)O.NC(CO)C(=O)O.NC(CS)C(=O)O.NCCCCC(N)C(=O)O. The third kappa shape index (κ3) is 47.9. The number of nitrogens with two attached hydrogens (primary N) is 7. The van der Waals surface area contributed by atoms with Gasteiger partial charge in [0.2, 0.25) is 5.91 Å². The number of carbonyl (C=O) groups is 8. The van der Waals surface area contributed by atoms with Gasteiger partial charge in [0.15, 0.2) is 0 Å². The Morgan fingerprint density at radius 1 is 0.680 bits per heavy atom. The Bertz CT molecular complexity index is 1030. The highest BCUT2D eigenvalue weighted by molar-refractivity contribution is 7.80. The molecule has 6 unspecified atom stereocenters. The molecule has 0 aromatic carbocycles. The van der Waals surface area contributed by atoms with Crippen molar-refractivity contribution in [2.75, 3.05) is 18.9 Å². The van der Waals surface area contributed by atoms with E-state index in [4.69, 9.17) is 85.8 Å². The van der Waals surface area contributed by atoms with Gasteiger partial charge in [0, 0.05) is 5.75 Å². The second-order valence-corrected chi connectivity index (χ2v) is 9.42. The summed E-state index contributed by atoms with van der Waals surface area (Å²) in [5, 5.41) is 79.2. The maximum absolute atomic E-state index is 10.1. The van der Waals surface area contributed by atoms with Gasteiger partial charge in [-0.25, -0.2) is 4.79 Å². The van der Waals surface area contributed by atoms with Crippen LogP contribution in [0.3, 0.4) is 0 Å². The van der Waals surface area contributed by atoms with E-state index >= 15 is 0 Å². The molecule has 0 aliphatic carbocycles. The van der Waals surface area contributed by atoms with E-state index in [-0.39, 0.29) is 12.2 Å². The van der Waals surface area contributed by atoms with Gasteiger partial charge in [-0.1, -0.05) is 6.42 Å². The first-order valence-corrected chi connectivity index (χ1v) is 14.1. The molecule has 0 aliphatic rings. The fourth-order valence-corrected chi connectivity index (χ4v) is 1.68. The molecule has 50 heavy (non-hydrogen) atoms. The first-order valence-electron chi connectivity index (χ1n) is 13.5. The summed E-state index contributed by atoms with van der Waals surface area (Å²) in [7, 11) is 0. The van der Waals surface area contributed by atoms with Crippen LogP contribution in [0.25, 0.3) is 0 Å². The molecule has 0 aromatic rings. The summed E-state index contributed by atoms with van der Waals surface area (Å²) in [6.45, 7) is 1.43. The molecular weight excluding hydrogens is 704 g/mol. The molecule has 0 bridgehead atoms. The molecule has 0 aromatic heterocycles. The average molecular weight is 755 g/mol. The summed E-state index contributed by atoms with van der Waals surface area (Å²) >= 11 is 3.65. The second kappa shape index (κ2) is 35.8. The highest BCUT2D eigenvalue weighted by Crippen LogP contribution is 1.97. The van der Waals surface area contributed by atoms with Gasteiger partial charge >= 0.3 is 41.8 Å². The average Bonchev–Trinajstić information content (AvgIpc) is 3.00. The Morgan fingerprint density at radius 2 is 1.08 bits per heavy atom. The van der Waals surface area contributed by atoms with Crippen LogP contribution in [0.1, 0.15) is 39.0 Å². The number of nitrogens with one attached hydrogen (secondary N) is 1. The van der Waals surface area contributed by atoms with Crippen LogP contribution < -0.4 is 40.1 Å². The van der Waals surface area contributed by atoms with Gasteiger partial charge in [-0.05, 0) is 26.3 Å². The fraction of sp³-hybridized carbons (Fsp3) is 0.625. The zero-order valence-electron chi connectivity index (χ0n) is 26.9. The number of hydrogen-bond acceptors (Lipinski definition) is 18. The van der Waals surface area contributed by atoms with E-state index in [0.29, 0.717) is 13.0 Å². The number of aliphatic hydroxyl groups excluding tert-OH is 2. The van der Waals surface area contributed by atoms with Gasteiger partial charge in [-0.15, -0.1) is 0 Å². The van der Waals surface area contributed by atoms with E-state index in [0.717, 1.165) is 12.8 Å². The minimum atomic E-state index is -1.49. The van der Waals surface area contributed by atoms with Crippen LogP contribution in [0, 0.1) is 5.41 Å². The van der Waals surface area contributed by atoms with Crippen LogP contribution in [0.2, 0.25) is 0 Å². The van der Waals surface area contributed by atoms with Crippen molar-refractivity contribution in [2.24, 2.45) is 40.1 Å². The first kappa shape index (κ1) is 57.7. The summed E-state index contributed by atoms with van der Waals surface area (Å²) in [5.74, 6) is -8.82. The van der Waals surface area contributed by atoms with E-state index in [1.54, 1.807) is 0 Å². The third-order valence-electron chi connectivity index (χ3n) is 4.44. The minimum absolute atomic E-state index is 0.190. The van der Waals surface area contributed by atoms with Crippen LogP contribution >= 0.6 is 12.6 Å². The van der Waals surface area contributed by atoms with Crippen LogP contribution in [0.5, 0.6) is 0 Å². The number of aliphatic hydroxyl groups is 2. The Balaban J connectivity index is -0.000000117. The van der Waals surface area contributed by atoms with Crippen LogP contribution in [-0.2, 0) is 38.4 Å². The Hall–Kier alpha value is -4.54. The number of rotatable bonds is 17. The largest absolute Gasteiger partial charge is 0.481 e. The number of carboxylic acids is 7. The zero-order valence-corrected chi connectivity index (χ0v) is 27.8. The second-order valence-electron chi connectivity index (χ2n) is 9.06. The molecule has 0 aliphatic heterocycles. The van der Waals surface area contributed by atoms with Crippen molar-refractivity contribution in [3.8, 4) is 0 Å². The fourth-order valence-electron chi connectivity index (χ4n) is 1.53. The zero-order chi connectivity index (χ0) is 41.3. The summed E-state index contributed by atoms with van der Waals surface area (Å²) in [6, 6.07) is -4.98. The predicted octanol–water partition coefficient (Wildman–Crippen LogP) is -6.14. The molecule has 0 heterocycles. The van der Waals surface area contributed by atoms with Gasteiger partial charge < -0.3 is 86.1 Å². The number of amides is 1. The third-order valence-corrected chi connectivity index (χ3v) is 4.84. The standard InChI is InChI=1S/C6H14N2O2.C4H8N2O3.C4H5NO4.C4H9NO3.C3H7NO3.C3H7NO2S/c7-4-2-1-3-5(8)6(9)10;2*5-2(4(8)9)1-3(6)7;1-2(6)3(5)4(7)8;4-2(1-5)3(6)7;4-2(1-7)3(5)6/h5H,1-4,7-8H2,(H,9,10);2H,1,5H2,(H2,6,7)(H,8,9);5H,1H2,(H,6,7)(H,8,9);2-3,6H,5H2,1H3,(H,7,8);2,5H,1,4H2,(H,6,7);2,7H,1,4H2,(H,5,6). The van der Waals surface area contributed by atoms with Crippen molar-refractivity contribution in [3.63, 3.8) is 0 Å². The molecule has 0 rings (SSSR count). The molecule has 0 fully saturated rings. The van der Waals surface area contributed by atoms with Crippen LogP contribution in [0.15, 0.2) is 0 Å². The molecule has 0 spiro atoms. The highest BCUT2D eigenvalue weighted by atomic mass is 32.1. The van der Waals surface area contributed by atoms with Crippen molar-refractivity contribution >= 4 is 66.0 Å². The first-order chi connectivity index (χ1) is 22.7. The molecular formula is C24H50N8O17S. The van der Waals surface area contributed by atoms with Crippen molar-refractivity contribution in [3.05, 3.63) is 0 Å². The van der Waals surface area contributed by atoms with Crippen LogP contribution in [-0.4, -0.2) is 155 Å². The molecule has 294 valence electrons. The smallest absolute Gasteiger partial charge is 0.350 e. The summed E-state index contributed by atoms with van der Waals surface area (Å²) in [5.41, 5.74) is 33.8. The quantitative estimate of drug-likeness (QED) is 0.0373. The molecule has 0 radical (unpaired) electrons. The lowest BCUT2D eigenvalue weighted by molar-refractivity contribution is -0.141. The monoisotopic (exact) mass is 754 g/mol. The maximum Gasteiger partial charge on any atom is 0.350 e. The molecule has 0 saturated heterocycles. The molecule has 6 atom stereocenters. The summed E-state index contributed by atoms with van der Waals surface area (Å²) < 4.78 is 0. The van der Waals surface area contributed by atoms with E-state index < -0.39 is 103 Å². The van der Waals surface area contributed by atoms with Crippen molar-refractivity contribution < 1.29 is 84.3 Å². The Morgan fingerprint density at radius 3 is 1.20 bits per heavy atom. The highest BCUT2D eigenvalue weighted by Gasteiger charge is 2.16. The van der Waals surface area contributed by atoms with E-state index in [2.05, 4.69) is 18.4 Å². The van der Waals surface area contributed by atoms with E-state index in [1.807, 2.05) is 0 Å². The molecule has 0 saturated carbocycles. The van der Waals surface area contributed by atoms with Crippen molar-refractivity contribution in [1.82, 2.24) is 0 Å². The van der Waals surface area contributed by atoms with E-state index in [9.17, 15) is 38.4 Å². The number of thiol groups is 1. The molecule has 26 heteroatoms. The lowest BCUT2D eigenvalue weighted by Gasteiger charge is -2.06. The molecule has 25 nitrogen and oxygen atoms in total. The molecule has 24 N–H and O–H groups in total. The van der Waals surface area contributed by atoms with Gasteiger partial charge in [0.25, 0.3) is 0 Å². The Labute approximate surface area is 290 Å². The number of unbranched alkanes of at least 4 members (excludes halogenated alkanes) is 1. The number of hydrogen-bond donors (Lipinski definition) is 18. The predicted molar refractivity (Wildman–Crippen MR) is 175 cm³/mol. The van der Waals surface area contributed by atoms with Crippen LogP contribution in [0.4, 0.5) is 0 Å². The van der Waals surface area contributed by atoms with Gasteiger partial charge in [0.05, 0.1) is 25.6 Å². The number of carboxylic acid groups (broad SMARTS) is 7. The summed E-state index contributed by atoms with van der Waals surface area (Å²) in [4.78, 5) is 78.7. The lowest BCUT2D eigenvalue weighted by atomic mass is 10.1. The molecule has 1 amide bonds. The van der Waals surface area contributed by atoms with Gasteiger partial charge in [-0.2, -0.15) is 12.6 Å². The minimum Gasteiger partial charge on any atom is -0.481 e. The van der Waals surface area contributed by atoms with Gasteiger partial charge in [-0.3, -0.25) is 39.0 Å². The van der Waals surface area contributed by atoms with Gasteiger partial charge in [0.1, 0.15) is 35.9 Å². The normalized spacial score (nSPS) is 12.9. The topological polar surface area (TPSA) is 525 Å². The maximum atomic E-state index is 10.1. The van der Waals surface area contributed by atoms with Crippen molar-refractivity contribution in [1.29, 1.82) is 5.41 Å². The number of carbonyl (C=O) groups excluding carboxylic acids is 1. The van der Waals surface area contributed by atoms with E-state index in [1.165, 1.54) is 6.92 Å².